The van der Waals surface area contributed by atoms with Crippen LogP contribution in [0, 0.1) is 0 Å². The molecule has 0 aromatic heterocycles. The smallest absolute Gasteiger partial charge is 0.308 e. The van der Waals surface area contributed by atoms with Gasteiger partial charge in [0.2, 0.25) is 5.91 Å². The molecule has 0 aliphatic carbocycles. The molecule has 21 heavy (non-hydrogen) atoms. The maximum absolute atomic E-state index is 11.7. The van der Waals surface area contributed by atoms with E-state index in [2.05, 4.69) is 0 Å². The molecule has 0 saturated carbocycles. The summed E-state index contributed by atoms with van der Waals surface area (Å²) in [6.07, 6.45) is 0.884. The third kappa shape index (κ3) is 5.38. The molecule has 0 bridgehead atoms. The van der Waals surface area contributed by atoms with Crippen molar-refractivity contribution in [1.29, 1.82) is 0 Å². The molecule has 1 aromatic carbocycles. The van der Waals surface area contributed by atoms with Crippen LogP contribution in [0.25, 0.3) is 0 Å². The highest BCUT2D eigenvalue weighted by atomic mass is 32.2. The van der Waals surface area contributed by atoms with Crippen LogP contribution >= 0.6 is 0 Å². The fourth-order valence-electron chi connectivity index (χ4n) is 1.85. The number of carbonyl (C=O) groups excluding carboxylic acids is 1. The van der Waals surface area contributed by atoms with Crippen LogP contribution in [-0.2, 0) is 21.5 Å². The van der Waals surface area contributed by atoms with E-state index in [0.29, 0.717) is 12.3 Å². The van der Waals surface area contributed by atoms with Gasteiger partial charge in [0.25, 0.3) is 0 Å². The van der Waals surface area contributed by atoms with Crippen molar-refractivity contribution >= 4 is 16.0 Å². The van der Waals surface area contributed by atoms with Crippen molar-refractivity contribution in [3.8, 4) is 5.75 Å². The Hall–Kier alpha value is -1.56. The molecule has 0 fully saturated rings. The van der Waals surface area contributed by atoms with Gasteiger partial charge in [-0.15, -0.1) is 0 Å². The average Bonchev–Trinajstić information content (AvgIpc) is 2.45. The Morgan fingerprint density at radius 1 is 1.24 bits per heavy atom. The zero-order valence-corrected chi connectivity index (χ0v) is 13.8. The molecular weight excluding hydrogens is 290 g/mol. The third-order valence-corrected chi connectivity index (χ3v) is 4.53. The molecule has 118 valence electrons. The van der Waals surface area contributed by atoms with E-state index in [-0.39, 0.29) is 17.7 Å². The molecule has 5 nitrogen and oxygen atoms in total. The monoisotopic (exact) mass is 313 g/mol. The van der Waals surface area contributed by atoms with Gasteiger partial charge in [-0.1, -0.05) is 19.1 Å². The zero-order valence-electron chi connectivity index (χ0n) is 13.0. The van der Waals surface area contributed by atoms with Gasteiger partial charge in [0.1, 0.15) is 5.75 Å². The predicted molar refractivity (Wildman–Crippen MR) is 82.5 cm³/mol. The molecule has 0 heterocycles. The number of benzene rings is 1. The second kappa shape index (κ2) is 7.45. The van der Waals surface area contributed by atoms with Crippen molar-refractivity contribution in [1.82, 2.24) is 4.90 Å². The van der Waals surface area contributed by atoms with Crippen LogP contribution in [0.1, 0.15) is 39.7 Å². The number of nitrogens with zero attached hydrogens (tertiary/aromatic N) is 1. The Bertz CT molecular complexity index is 566. The largest absolute Gasteiger partial charge is 0.382 e. The van der Waals surface area contributed by atoms with Crippen LogP contribution in [0.5, 0.6) is 5.75 Å². The standard InChI is InChI=1S/C15H23NO4S/c1-5-12(3)16(13(4)17)11-14-7-9-15(10-8-14)20-21(18,19)6-2/h7-10,12H,5-6,11H2,1-4H3/t12-/m0/s1. The summed E-state index contributed by atoms with van der Waals surface area (Å²) in [7, 11) is -3.50. The van der Waals surface area contributed by atoms with E-state index in [4.69, 9.17) is 4.18 Å². The molecule has 0 aliphatic rings. The fourth-order valence-corrected chi connectivity index (χ4v) is 2.37. The SMILES string of the molecule is CC[C@H](C)N(Cc1ccc(OS(=O)(=O)CC)cc1)C(C)=O. The molecular formula is C15H23NO4S. The summed E-state index contributed by atoms with van der Waals surface area (Å²) in [6, 6.07) is 6.94. The highest BCUT2D eigenvalue weighted by Gasteiger charge is 2.15. The molecule has 1 amide bonds. The summed E-state index contributed by atoms with van der Waals surface area (Å²) in [5.41, 5.74) is 0.937. The highest BCUT2D eigenvalue weighted by Crippen LogP contribution is 2.17. The van der Waals surface area contributed by atoms with Gasteiger partial charge in [0.05, 0.1) is 5.75 Å². The lowest BCUT2D eigenvalue weighted by Gasteiger charge is -2.27. The molecule has 0 unspecified atom stereocenters. The molecule has 0 aliphatic heterocycles. The minimum absolute atomic E-state index is 0.0261. The van der Waals surface area contributed by atoms with Crippen molar-refractivity contribution in [2.45, 2.75) is 46.7 Å². The van der Waals surface area contributed by atoms with Crippen LogP contribution in [0.15, 0.2) is 24.3 Å². The summed E-state index contributed by atoms with van der Waals surface area (Å²) >= 11 is 0. The Morgan fingerprint density at radius 3 is 2.24 bits per heavy atom. The Balaban J connectivity index is 2.80. The normalized spacial score (nSPS) is 12.8. The summed E-state index contributed by atoms with van der Waals surface area (Å²) in [6.45, 7) is 7.63. The van der Waals surface area contributed by atoms with E-state index in [0.717, 1.165) is 12.0 Å². The lowest BCUT2D eigenvalue weighted by Crippen LogP contribution is -2.36. The summed E-state index contributed by atoms with van der Waals surface area (Å²) < 4.78 is 27.7. The van der Waals surface area contributed by atoms with E-state index in [1.165, 1.54) is 6.92 Å². The Morgan fingerprint density at radius 2 is 1.81 bits per heavy atom. The average molecular weight is 313 g/mol. The van der Waals surface area contributed by atoms with E-state index in [1.54, 1.807) is 36.1 Å². The van der Waals surface area contributed by atoms with E-state index in [1.807, 2.05) is 13.8 Å². The minimum Gasteiger partial charge on any atom is -0.382 e. The van der Waals surface area contributed by atoms with Crippen molar-refractivity contribution in [2.24, 2.45) is 0 Å². The molecule has 1 aromatic rings. The van der Waals surface area contributed by atoms with Gasteiger partial charge >= 0.3 is 10.1 Å². The summed E-state index contributed by atoms with van der Waals surface area (Å²) in [5, 5.41) is 0. The fraction of sp³-hybridized carbons (Fsp3) is 0.533. The molecule has 1 rings (SSSR count). The van der Waals surface area contributed by atoms with Gasteiger partial charge in [-0.3, -0.25) is 4.79 Å². The highest BCUT2D eigenvalue weighted by molar-refractivity contribution is 7.87. The zero-order chi connectivity index (χ0) is 16.0. The van der Waals surface area contributed by atoms with Gasteiger partial charge in [-0.2, -0.15) is 8.42 Å². The van der Waals surface area contributed by atoms with E-state index >= 15 is 0 Å². The van der Waals surface area contributed by atoms with Crippen molar-refractivity contribution in [3.05, 3.63) is 29.8 Å². The number of amides is 1. The van der Waals surface area contributed by atoms with Gasteiger partial charge in [-0.05, 0) is 38.0 Å². The van der Waals surface area contributed by atoms with Crippen LogP contribution < -0.4 is 4.18 Å². The number of rotatable bonds is 7. The van der Waals surface area contributed by atoms with Crippen molar-refractivity contribution in [3.63, 3.8) is 0 Å². The lowest BCUT2D eigenvalue weighted by atomic mass is 10.1. The first-order valence-corrected chi connectivity index (χ1v) is 8.65. The summed E-state index contributed by atoms with van der Waals surface area (Å²) in [5.74, 6) is 0.248. The number of hydrogen-bond donors (Lipinski definition) is 0. The quantitative estimate of drug-likeness (QED) is 0.726. The van der Waals surface area contributed by atoms with E-state index in [9.17, 15) is 13.2 Å². The third-order valence-electron chi connectivity index (χ3n) is 3.38. The van der Waals surface area contributed by atoms with Crippen molar-refractivity contribution in [2.75, 3.05) is 5.75 Å². The predicted octanol–water partition coefficient (Wildman–Crippen LogP) is 2.56. The Kier molecular flexibility index (Phi) is 6.20. The first-order valence-electron chi connectivity index (χ1n) is 7.07. The molecule has 0 N–H and O–H groups in total. The van der Waals surface area contributed by atoms with Gasteiger partial charge in [0, 0.05) is 19.5 Å². The number of hydrogen-bond acceptors (Lipinski definition) is 4. The maximum atomic E-state index is 11.7. The topological polar surface area (TPSA) is 63.7 Å². The van der Waals surface area contributed by atoms with Crippen LogP contribution in [0.4, 0.5) is 0 Å². The second-order valence-electron chi connectivity index (χ2n) is 4.98. The van der Waals surface area contributed by atoms with Gasteiger partial charge in [-0.25, -0.2) is 0 Å². The van der Waals surface area contributed by atoms with Crippen molar-refractivity contribution < 1.29 is 17.4 Å². The first-order chi connectivity index (χ1) is 9.79. The molecule has 0 radical (unpaired) electrons. The molecule has 1 atom stereocenters. The van der Waals surface area contributed by atoms with Gasteiger partial charge < -0.3 is 9.08 Å². The summed E-state index contributed by atoms with van der Waals surface area (Å²) in [4.78, 5) is 13.5. The molecule has 6 heteroatoms. The minimum atomic E-state index is -3.50. The van der Waals surface area contributed by atoms with Crippen LogP contribution in [0.2, 0.25) is 0 Å². The van der Waals surface area contributed by atoms with Crippen LogP contribution in [-0.4, -0.2) is 31.0 Å². The second-order valence-corrected chi connectivity index (χ2v) is 6.84. The lowest BCUT2D eigenvalue weighted by molar-refractivity contribution is -0.131. The molecule has 0 spiro atoms. The number of carbonyl (C=O) groups is 1. The van der Waals surface area contributed by atoms with E-state index < -0.39 is 10.1 Å². The first kappa shape index (κ1) is 17.5. The maximum Gasteiger partial charge on any atom is 0.308 e. The molecule has 0 saturated heterocycles. The Labute approximate surface area is 127 Å². The van der Waals surface area contributed by atoms with Crippen LogP contribution in [0.3, 0.4) is 0 Å². The van der Waals surface area contributed by atoms with Gasteiger partial charge in [0.15, 0.2) is 0 Å².